The monoisotopic (exact) mass is 656 g/mol. The SMILES string of the molecule is C#CCOCCOCCOCCOCCOCCOCCOCCOCCOCCOCCOCCOCCCC(OC)OC. The highest BCUT2D eigenvalue weighted by Crippen LogP contribution is 2.01. The van der Waals surface area contributed by atoms with E-state index in [1.165, 1.54) is 0 Å². The Hall–Kier alpha value is -1.00. The van der Waals surface area contributed by atoms with Crippen molar-refractivity contribution in [1.82, 2.24) is 0 Å². The minimum atomic E-state index is -0.168. The van der Waals surface area contributed by atoms with Crippen molar-refractivity contribution < 1.29 is 66.3 Å². The lowest BCUT2D eigenvalue weighted by Crippen LogP contribution is -2.15. The average molecular weight is 657 g/mol. The molecule has 0 aromatic rings. The van der Waals surface area contributed by atoms with Crippen molar-refractivity contribution in [2.45, 2.75) is 19.1 Å². The van der Waals surface area contributed by atoms with E-state index in [-0.39, 0.29) is 6.29 Å². The largest absolute Gasteiger partial charge is 0.379 e. The van der Waals surface area contributed by atoms with Crippen LogP contribution in [-0.2, 0) is 66.3 Å². The first kappa shape index (κ1) is 44.0. The highest BCUT2D eigenvalue weighted by molar-refractivity contribution is 4.82. The molecule has 0 aliphatic carbocycles. The van der Waals surface area contributed by atoms with Crippen LogP contribution in [0, 0.1) is 12.3 Å². The van der Waals surface area contributed by atoms with Gasteiger partial charge in [-0.3, -0.25) is 0 Å². The van der Waals surface area contributed by atoms with E-state index in [9.17, 15) is 0 Å². The van der Waals surface area contributed by atoms with E-state index < -0.39 is 0 Å². The van der Waals surface area contributed by atoms with Crippen LogP contribution in [0.25, 0.3) is 0 Å². The van der Waals surface area contributed by atoms with Crippen LogP contribution < -0.4 is 0 Å². The Balaban J connectivity index is 3.06. The van der Waals surface area contributed by atoms with Gasteiger partial charge in [-0.05, 0) is 6.42 Å². The van der Waals surface area contributed by atoms with Crippen molar-refractivity contribution in [2.75, 3.05) is 173 Å². The Morgan fingerprint density at radius 3 is 0.800 bits per heavy atom. The third kappa shape index (κ3) is 39.1. The zero-order chi connectivity index (χ0) is 32.6. The molecule has 14 heteroatoms. The molecule has 45 heavy (non-hydrogen) atoms. The fourth-order valence-corrected chi connectivity index (χ4v) is 3.23. The molecule has 0 aliphatic rings. The lowest BCUT2D eigenvalue weighted by molar-refractivity contribution is -0.109. The van der Waals surface area contributed by atoms with E-state index in [1.807, 2.05) is 0 Å². The second-order valence-electron chi connectivity index (χ2n) is 9.04. The summed E-state index contributed by atoms with van der Waals surface area (Å²) in [6, 6.07) is 0. The fraction of sp³-hybridized carbons (Fsp3) is 0.935. The Morgan fingerprint density at radius 1 is 0.356 bits per heavy atom. The third-order valence-corrected chi connectivity index (χ3v) is 5.53. The summed E-state index contributed by atoms with van der Waals surface area (Å²) in [5.41, 5.74) is 0. The molecule has 0 atom stereocenters. The van der Waals surface area contributed by atoms with Gasteiger partial charge in [0.25, 0.3) is 0 Å². The smallest absolute Gasteiger partial charge is 0.156 e. The summed E-state index contributed by atoms with van der Waals surface area (Å²) in [6.07, 6.45) is 6.60. The van der Waals surface area contributed by atoms with Gasteiger partial charge in [0.05, 0.1) is 145 Å². The van der Waals surface area contributed by atoms with Crippen LogP contribution in [0.4, 0.5) is 0 Å². The number of terminal acetylenes is 1. The molecule has 0 unspecified atom stereocenters. The van der Waals surface area contributed by atoms with E-state index in [1.54, 1.807) is 14.2 Å². The van der Waals surface area contributed by atoms with Crippen molar-refractivity contribution in [3.8, 4) is 12.3 Å². The molecule has 0 aromatic carbocycles. The molecule has 0 bridgehead atoms. The number of methoxy groups -OCH3 is 2. The highest BCUT2D eigenvalue weighted by Gasteiger charge is 2.03. The first-order valence-electron chi connectivity index (χ1n) is 15.8. The maximum Gasteiger partial charge on any atom is 0.156 e. The lowest BCUT2D eigenvalue weighted by Gasteiger charge is -2.12. The van der Waals surface area contributed by atoms with Gasteiger partial charge in [0.15, 0.2) is 6.29 Å². The van der Waals surface area contributed by atoms with E-state index >= 15 is 0 Å². The zero-order valence-corrected chi connectivity index (χ0v) is 27.8. The standard InChI is InChI=1S/C31H60O14/c1-4-7-34-9-11-36-13-15-38-17-19-40-21-23-42-25-27-44-29-30-45-28-26-43-24-22-41-20-18-39-16-14-37-12-10-35-8-5-6-31(32-2)33-3/h1,31H,5-30H2,2-3H3. The predicted octanol–water partition coefficient (Wildman–Crippen LogP) is 1.22. The molecule has 0 fully saturated rings. The van der Waals surface area contributed by atoms with E-state index in [0.29, 0.717) is 159 Å². The van der Waals surface area contributed by atoms with Gasteiger partial charge in [-0.1, -0.05) is 5.92 Å². The van der Waals surface area contributed by atoms with Gasteiger partial charge < -0.3 is 66.3 Å². The topological polar surface area (TPSA) is 129 Å². The van der Waals surface area contributed by atoms with Crippen LogP contribution in [0.2, 0.25) is 0 Å². The molecule has 0 amide bonds. The maximum absolute atomic E-state index is 5.50. The van der Waals surface area contributed by atoms with Gasteiger partial charge in [0.2, 0.25) is 0 Å². The van der Waals surface area contributed by atoms with Crippen molar-refractivity contribution in [3.05, 3.63) is 0 Å². The number of hydrogen-bond donors (Lipinski definition) is 0. The minimum absolute atomic E-state index is 0.168. The molecule has 0 aromatic heterocycles. The second-order valence-corrected chi connectivity index (χ2v) is 9.04. The molecule has 0 heterocycles. The molecule has 0 saturated carbocycles. The van der Waals surface area contributed by atoms with Gasteiger partial charge >= 0.3 is 0 Å². The number of rotatable bonds is 40. The molecule has 268 valence electrons. The van der Waals surface area contributed by atoms with Crippen LogP contribution in [0.5, 0.6) is 0 Å². The number of hydrogen-bond acceptors (Lipinski definition) is 14. The predicted molar refractivity (Wildman–Crippen MR) is 166 cm³/mol. The van der Waals surface area contributed by atoms with Gasteiger partial charge in [-0.25, -0.2) is 0 Å². The Bertz CT molecular complexity index is 577. The summed E-state index contributed by atoms with van der Waals surface area (Å²) in [4.78, 5) is 0. The maximum atomic E-state index is 5.50. The van der Waals surface area contributed by atoms with Gasteiger partial charge in [-0.2, -0.15) is 0 Å². The quantitative estimate of drug-likeness (QED) is 0.0532. The molecular weight excluding hydrogens is 596 g/mol. The molecule has 0 rings (SSSR count). The lowest BCUT2D eigenvalue weighted by atomic mass is 10.3. The Morgan fingerprint density at radius 2 is 0.578 bits per heavy atom. The normalized spacial score (nSPS) is 11.5. The van der Waals surface area contributed by atoms with Gasteiger partial charge in [0.1, 0.15) is 6.61 Å². The summed E-state index contributed by atoms with van der Waals surface area (Å²) < 4.78 is 75.3. The first-order valence-corrected chi connectivity index (χ1v) is 15.8. The molecule has 0 aliphatic heterocycles. The molecule has 0 radical (unpaired) electrons. The molecule has 14 nitrogen and oxygen atoms in total. The van der Waals surface area contributed by atoms with Crippen LogP contribution in [0.3, 0.4) is 0 Å². The number of ether oxygens (including phenoxy) is 14. The summed E-state index contributed by atoms with van der Waals surface area (Å²) >= 11 is 0. The summed E-state index contributed by atoms with van der Waals surface area (Å²) in [5.74, 6) is 2.40. The summed E-state index contributed by atoms with van der Waals surface area (Å²) in [7, 11) is 3.26. The van der Waals surface area contributed by atoms with Gasteiger partial charge in [-0.15, -0.1) is 6.42 Å². The van der Waals surface area contributed by atoms with Crippen LogP contribution in [-0.4, -0.2) is 179 Å². The molecule has 0 N–H and O–H groups in total. The van der Waals surface area contributed by atoms with E-state index in [4.69, 9.17) is 72.7 Å². The summed E-state index contributed by atoms with van der Waals surface area (Å²) in [6.45, 7) is 12.2. The highest BCUT2D eigenvalue weighted by atomic mass is 16.7. The fourth-order valence-electron chi connectivity index (χ4n) is 3.23. The van der Waals surface area contributed by atoms with Crippen molar-refractivity contribution >= 4 is 0 Å². The van der Waals surface area contributed by atoms with Crippen molar-refractivity contribution in [2.24, 2.45) is 0 Å². The van der Waals surface area contributed by atoms with Crippen LogP contribution >= 0.6 is 0 Å². The van der Waals surface area contributed by atoms with Crippen LogP contribution in [0.15, 0.2) is 0 Å². The third-order valence-electron chi connectivity index (χ3n) is 5.53. The summed E-state index contributed by atoms with van der Waals surface area (Å²) in [5, 5.41) is 0. The molecule has 0 spiro atoms. The second kappa shape index (κ2) is 41.0. The molecular formula is C31H60O14. The Labute approximate surface area is 270 Å². The Kier molecular flexibility index (Phi) is 40.1. The van der Waals surface area contributed by atoms with Crippen molar-refractivity contribution in [3.63, 3.8) is 0 Å². The first-order chi connectivity index (χ1) is 22.3. The van der Waals surface area contributed by atoms with Crippen molar-refractivity contribution in [1.29, 1.82) is 0 Å². The van der Waals surface area contributed by atoms with E-state index in [2.05, 4.69) is 5.92 Å². The molecule has 0 saturated heterocycles. The van der Waals surface area contributed by atoms with Crippen LogP contribution in [0.1, 0.15) is 12.8 Å². The zero-order valence-electron chi connectivity index (χ0n) is 27.8. The van der Waals surface area contributed by atoms with E-state index in [0.717, 1.165) is 12.8 Å². The average Bonchev–Trinajstić information content (AvgIpc) is 3.06. The minimum Gasteiger partial charge on any atom is -0.379 e. The van der Waals surface area contributed by atoms with Gasteiger partial charge in [0, 0.05) is 27.2 Å².